The molecule has 3 aliphatic rings. The van der Waals surface area contributed by atoms with Gasteiger partial charge in [0.05, 0.1) is 29.9 Å². The van der Waals surface area contributed by atoms with Crippen molar-refractivity contribution in [3.05, 3.63) is 41.5 Å². The van der Waals surface area contributed by atoms with Crippen LogP contribution in [0.5, 0.6) is 0 Å². The Morgan fingerprint density at radius 1 is 1.03 bits per heavy atom. The molecular formula is C24H26N4O3. The highest BCUT2D eigenvalue weighted by atomic mass is 16.5. The topological polar surface area (TPSA) is 70.8 Å². The third-order valence-electron chi connectivity index (χ3n) is 6.67. The molecule has 7 nitrogen and oxygen atoms in total. The molecule has 3 heterocycles. The lowest BCUT2D eigenvalue weighted by Crippen LogP contribution is -2.36. The number of morpholine rings is 1. The Balaban J connectivity index is 1.47. The van der Waals surface area contributed by atoms with Gasteiger partial charge in [0.25, 0.3) is 0 Å². The van der Waals surface area contributed by atoms with Crippen LogP contribution in [-0.2, 0) is 4.74 Å². The van der Waals surface area contributed by atoms with Gasteiger partial charge in [-0.1, -0.05) is 29.4 Å². The maximum atomic E-state index is 13.6. The van der Waals surface area contributed by atoms with Gasteiger partial charge in [-0.2, -0.15) is 0 Å². The van der Waals surface area contributed by atoms with E-state index in [4.69, 9.17) is 9.26 Å². The molecule has 1 N–H and O–H groups in total. The molecule has 31 heavy (non-hydrogen) atoms. The van der Waals surface area contributed by atoms with E-state index in [0.717, 1.165) is 67.1 Å². The summed E-state index contributed by atoms with van der Waals surface area (Å²) in [5.41, 5.74) is 4.83. The SMILES string of the molecule is O=C1c2ccccc2-c2onc3c(N4CCOCC4)cc(NCCN4CCCC4)c1c23. The van der Waals surface area contributed by atoms with E-state index in [2.05, 4.69) is 26.3 Å². The van der Waals surface area contributed by atoms with Crippen LogP contribution in [0.1, 0.15) is 28.8 Å². The van der Waals surface area contributed by atoms with E-state index in [1.165, 1.54) is 12.8 Å². The van der Waals surface area contributed by atoms with Crippen LogP contribution in [0.4, 0.5) is 11.4 Å². The fourth-order valence-corrected chi connectivity index (χ4v) is 5.08. The summed E-state index contributed by atoms with van der Waals surface area (Å²) in [7, 11) is 0. The molecule has 0 spiro atoms. The van der Waals surface area contributed by atoms with Crippen molar-refractivity contribution in [1.82, 2.24) is 10.1 Å². The highest BCUT2D eigenvalue weighted by Gasteiger charge is 2.33. The Labute approximate surface area is 180 Å². The van der Waals surface area contributed by atoms with E-state index >= 15 is 0 Å². The highest BCUT2D eigenvalue weighted by molar-refractivity contribution is 6.28. The van der Waals surface area contributed by atoms with Crippen molar-refractivity contribution < 1.29 is 14.1 Å². The van der Waals surface area contributed by atoms with E-state index in [1.54, 1.807) is 0 Å². The Kier molecular flexibility index (Phi) is 4.65. The van der Waals surface area contributed by atoms with E-state index in [1.807, 2.05) is 24.3 Å². The molecule has 0 atom stereocenters. The van der Waals surface area contributed by atoms with Crippen LogP contribution in [0, 0.1) is 0 Å². The van der Waals surface area contributed by atoms with Crippen molar-refractivity contribution in [1.29, 1.82) is 0 Å². The molecule has 7 heteroatoms. The molecule has 0 amide bonds. The van der Waals surface area contributed by atoms with Crippen molar-refractivity contribution >= 4 is 28.1 Å². The van der Waals surface area contributed by atoms with Crippen LogP contribution in [0.2, 0.25) is 0 Å². The molecule has 6 rings (SSSR count). The number of fused-ring (bicyclic) bond motifs is 2. The minimum Gasteiger partial charge on any atom is -0.383 e. The van der Waals surface area contributed by atoms with Gasteiger partial charge in [0.2, 0.25) is 0 Å². The number of ketones is 1. The first-order valence-corrected chi connectivity index (χ1v) is 11.2. The number of rotatable bonds is 5. The summed E-state index contributed by atoms with van der Waals surface area (Å²) in [5.74, 6) is 0.728. The smallest absolute Gasteiger partial charge is 0.196 e. The molecule has 160 valence electrons. The fraction of sp³-hybridized carbons (Fsp3) is 0.417. The van der Waals surface area contributed by atoms with Crippen LogP contribution in [0.25, 0.3) is 22.2 Å². The lowest BCUT2D eigenvalue weighted by Gasteiger charge is -2.30. The van der Waals surface area contributed by atoms with Crippen molar-refractivity contribution in [2.75, 3.05) is 62.7 Å². The molecule has 3 aromatic rings. The Morgan fingerprint density at radius 3 is 2.61 bits per heavy atom. The zero-order valence-corrected chi connectivity index (χ0v) is 17.5. The number of nitrogens with one attached hydrogen (secondary N) is 1. The molecule has 1 aromatic heterocycles. The second-order valence-corrected chi connectivity index (χ2v) is 8.50. The number of carbonyl (C=O) groups excluding carboxylic acids is 1. The molecule has 2 aromatic carbocycles. The number of benzene rings is 2. The van der Waals surface area contributed by atoms with E-state index in [0.29, 0.717) is 30.1 Å². The molecule has 0 radical (unpaired) electrons. The summed E-state index contributed by atoms with van der Waals surface area (Å²) < 4.78 is 11.4. The average molecular weight is 418 g/mol. The van der Waals surface area contributed by atoms with Gasteiger partial charge < -0.3 is 24.4 Å². The number of anilines is 2. The maximum absolute atomic E-state index is 13.6. The third-order valence-corrected chi connectivity index (χ3v) is 6.67. The molecule has 0 bridgehead atoms. The van der Waals surface area contributed by atoms with Crippen LogP contribution in [0.15, 0.2) is 34.9 Å². The van der Waals surface area contributed by atoms with Gasteiger partial charge >= 0.3 is 0 Å². The first-order chi connectivity index (χ1) is 15.3. The normalized spacial score (nSPS) is 18.6. The van der Waals surface area contributed by atoms with Crippen LogP contribution >= 0.6 is 0 Å². The number of aromatic nitrogens is 1. The quantitative estimate of drug-likeness (QED) is 0.533. The van der Waals surface area contributed by atoms with Crippen molar-refractivity contribution in [3.8, 4) is 11.3 Å². The van der Waals surface area contributed by atoms with Gasteiger partial charge in [-0.05, 0) is 32.0 Å². The largest absolute Gasteiger partial charge is 0.383 e. The zero-order chi connectivity index (χ0) is 20.8. The molecule has 2 fully saturated rings. The summed E-state index contributed by atoms with van der Waals surface area (Å²) in [4.78, 5) is 18.3. The average Bonchev–Trinajstić information content (AvgIpc) is 3.49. The summed E-state index contributed by atoms with van der Waals surface area (Å²) in [6.07, 6.45) is 2.55. The molecule has 1 aliphatic carbocycles. The number of likely N-dealkylation sites (tertiary alicyclic amines) is 1. The highest BCUT2D eigenvalue weighted by Crippen LogP contribution is 2.45. The zero-order valence-electron chi connectivity index (χ0n) is 17.5. The Hall–Kier alpha value is -2.90. The standard InChI is InChI=1S/C24H26N4O3/c29-23-16-5-1-2-6-17(16)24-21-20(23)18(25-7-10-27-8-3-4-9-27)15-19(22(21)26-31-24)28-11-13-30-14-12-28/h1-2,5-6,15,25H,3-4,7-14H2. The lowest BCUT2D eigenvalue weighted by atomic mass is 9.86. The summed E-state index contributed by atoms with van der Waals surface area (Å²) >= 11 is 0. The second kappa shape index (κ2) is 7.66. The van der Waals surface area contributed by atoms with Gasteiger partial charge in [0.1, 0.15) is 5.52 Å². The van der Waals surface area contributed by atoms with Crippen molar-refractivity contribution in [2.45, 2.75) is 12.8 Å². The van der Waals surface area contributed by atoms with Crippen molar-refractivity contribution in [3.63, 3.8) is 0 Å². The number of hydrogen-bond acceptors (Lipinski definition) is 7. The molecule has 0 unspecified atom stereocenters. The van der Waals surface area contributed by atoms with E-state index < -0.39 is 0 Å². The number of nitrogens with zero attached hydrogens (tertiary/aromatic N) is 3. The Morgan fingerprint density at radius 2 is 1.81 bits per heavy atom. The number of hydrogen-bond donors (Lipinski definition) is 1. The van der Waals surface area contributed by atoms with E-state index in [9.17, 15) is 4.79 Å². The predicted octanol–water partition coefficient (Wildman–Crippen LogP) is 3.38. The summed E-state index contributed by atoms with van der Waals surface area (Å²) in [6, 6.07) is 9.74. The number of ether oxygens (including phenoxy) is 1. The van der Waals surface area contributed by atoms with Crippen LogP contribution < -0.4 is 10.2 Å². The maximum Gasteiger partial charge on any atom is 0.196 e. The molecular weight excluding hydrogens is 392 g/mol. The minimum atomic E-state index is 0.0356. The monoisotopic (exact) mass is 418 g/mol. The van der Waals surface area contributed by atoms with Gasteiger partial charge in [-0.25, -0.2) is 0 Å². The predicted molar refractivity (Wildman–Crippen MR) is 120 cm³/mol. The first kappa shape index (κ1) is 18.8. The van der Waals surface area contributed by atoms with Gasteiger partial charge in [-0.3, -0.25) is 4.79 Å². The summed E-state index contributed by atoms with van der Waals surface area (Å²) in [6.45, 7) is 7.08. The molecule has 2 saturated heterocycles. The second-order valence-electron chi connectivity index (χ2n) is 8.50. The van der Waals surface area contributed by atoms with Crippen molar-refractivity contribution in [2.24, 2.45) is 0 Å². The van der Waals surface area contributed by atoms with Gasteiger partial charge in [0, 0.05) is 43.0 Å². The van der Waals surface area contributed by atoms with Gasteiger partial charge in [-0.15, -0.1) is 0 Å². The fourth-order valence-electron chi connectivity index (χ4n) is 5.08. The molecule has 2 aliphatic heterocycles. The van der Waals surface area contributed by atoms with Crippen LogP contribution in [-0.4, -0.2) is 68.3 Å². The minimum absolute atomic E-state index is 0.0356. The van der Waals surface area contributed by atoms with Crippen LogP contribution in [0.3, 0.4) is 0 Å². The summed E-state index contributed by atoms with van der Waals surface area (Å²) in [5, 5.41) is 8.85. The number of carbonyl (C=O) groups is 1. The third kappa shape index (κ3) is 3.11. The lowest BCUT2D eigenvalue weighted by molar-refractivity contribution is 0.104. The Bertz CT molecular complexity index is 1140. The first-order valence-electron chi connectivity index (χ1n) is 11.2. The van der Waals surface area contributed by atoms with E-state index in [-0.39, 0.29) is 5.78 Å². The molecule has 0 saturated carbocycles. The van der Waals surface area contributed by atoms with Gasteiger partial charge in [0.15, 0.2) is 11.5 Å².